The zero-order valence-electron chi connectivity index (χ0n) is 7.42. The van der Waals surface area contributed by atoms with Gasteiger partial charge in [0.15, 0.2) is 0 Å². The van der Waals surface area contributed by atoms with Crippen molar-refractivity contribution >= 4 is 11.3 Å². The topological polar surface area (TPSA) is 51.8 Å². The van der Waals surface area contributed by atoms with E-state index in [0.717, 1.165) is 16.4 Å². The first kappa shape index (κ1) is 9.61. The SMILES string of the molecule is CCCCCc1nnc(CN)s1. The molecule has 1 aromatic rings. The predicted molar refractivity (Wildman–Crippen MR) is 51.0 cm³/mol. The first-order valence-electron chi connectivity index (χ1n) is 4.38. The summed E-state index contributed by atoms with van der Waals surface area (Å²) in [6, 6.07) is 0. The Kier molecular flexibility index (Phi) is 4.18. The van der Waals surface area contributed by atoms with Crippen LogP contribution in [0.15, 0.2) is 0 Å². The van der Waals surface area contributed by atoms with E-state index in [1.165, 1.54) is 19.3 Å². The molecule has 0 spiro atoms. The number of hydrogen-bond acceptors (Lipinski definition) is 4. The van der Waals surface area contributed by atoms with Crippen LogP contribution >= 0.6 is 11.3 Å². The van der Waals surface area contributed by atoms with Crippen molar-refractivity contribution in [2.24, 2.45) is 5.73 Å². The van der Waals surface area contributed by atoms with E-state index in [9.17, 15) is 0 Å². The molecule has 1 heterocycles. The Morgan fingerprint density at radius 2 is 2.00 bits per heavy atom. The zero-order chi connectivity index (χ0) is 8.81. The number of rotatable bonds is 5. The number of hydrogen-bond donors (Lipinski definition) is 1. The normalized spacial score (nSPS) is 10.5. The van der Waals surface area contributed by atoms with Crippen molar-refractivity contribution in [2.45, 2.75) is 39.2 Å². The second-order valence-electron chi connectivity index (χ2n) is 2.75. The van der Waals surface area contributed by atoms with Gasteiger partial charge in [0.1, 0.15) is 10.0 Å². The Bertz CT molecular complexity index is 222. The zero-order valence-corrected chi connectivity index (χ0v) is 8.23. The first-order chi connectivity index (χ1) is 5.86. The van der Waals surface area contributed by atoms with E-state index in [1.807, 2.05) is 0 Å². The summed E-state index contributed by atoms with van der Waals surface area (Å²) in [6.07, 6.45) is 4.81. The minimum atomic E-state index is 0.519. The predicted octanol–water partition coefficient (Wildman–Crippen LogP) is 1.73. The highest BCUT2D eigenvalue weighted by molar-refractivity contribution is 7.11. The molecule has 0 aliphatic heterocycles. The molecule has 0 fully saturated rings. The molecule has 68 valence electrons. The second kappa shape index (κ2) is 5.22. The summed E-state index contributed by atoms with van der Waals surface area (Å²) in [6.45, 7) is 2.72. The van der Waals surface area contributed by atoms with Crippen molar-refractivity contribution in [3.05, 3.63) is 10.0 Å². The number of aromatic nitrogens is 2. The Hall–Kier alpha value is -0.480. The van der Waals surface area contributed by atoms with Gasteiger partial charge in [0.2, 0.25) is 0 Å². The van der Waals surface area contributed by atoms with Gasteiger partial charge in [-0.25, -0.2) is 0 Å². The van der Waals surface area contributed by atoms with Crippen LogP contribution < -0.4 is 5.73 Å². The summed E-state index contributed by atoms with van der Waals surface area (Å²) < 4.78 is 0. The maximum Gasteiger partial charge on any atom is 0.131 e. The van der Waals surface area contributed by atoms with Crippen molar-refractivity contribution < 1.29 is 0 Å². The molecule has 0 unspecified atom stereocenters. The van der Waals surface area contributed by atoms with Gasteiger partial charge in [-0.1, -0.05) is 19.8 Å². The smallest absolute Gasteiger partial charge is 0.131 e. The largest absolute Gasteiger partial charge is 0.324 e. The van der Waals surface area contributed by atoms with Crippen LogP contribution in [0.3, 0.4) is 0 Å². The van der Waals surface area contributed by atoms with E-state index in [2.05, 4.69) is 17.1 Å². The summed E-state index contributed by atoms with van der Waals surface area (Å²) in [5.74, 6) is 0. The standard InChI is InChI=1S/C8H15N3S/c1-2-3-4-5-7-10-11-8(6-9)12-7/h2-6,9H2,1H3. The average Bonchev–Trinajstić information content (AvgIpc) is 2.53. The van der Waals surface area contributed by atoms with E-state index in [0.29, 0.717) is 6.54 Å². The molecule has 0 atom stereocenters. The van der Waals surface area contributed by atoms with Crippen LogP contribution in [0.5, 0.6) is 0 Å². The summed E-state index contributed by atoms with van der Waals surface area (Å²) >= 11 is 1.64. The fraction of sp³-hybridized carbons (Fsp3) is 0.750. The van der Waals surface area contributed by atoms with Crippen molar-refractivity contribution in [3.8, 4) is 0 Å². The molecule has 4 heteroatoms. The van der Waals surface area contributed by atoms with Gasteiger partial charge in [-0.3, -0.25) is 0 Å². The third kappa shape index (κ3) is 2.87. The van der Waals surface area contributed by atoms with Gasteiger partial charge in [-0.05, 0) is 6.42 Å². The van der Waals surface area contributed by atoms with Crippen LogP contribution in [-0.4, -0.2) is 10.2 Å². The molecule has 0 amide bonds. The number of nitrogens with two attached hydrogens (primary N) is 1. The second-order valence-corrected chi connectivity index (χ2v) is 3.90. The van der Waals surface area contributed by atoms with E-state index in [4.69, 9.17) is 5.73 Å². The highest BCUT2D eigenvalue weighted by Crippen LogP contribution is 2.12. The molecule has 0 saturated heterocycles. The maximum atomic E-state index is 5.43. The van der Waals surface area contributed by atoms with Crippen LogP contribution in [0.4, 0.5) is 0 Å². The minimum absolute atomic E-state index is 0.519. The molecule has 0 bridgehead atoms. The van der Waals surface area contributed by atoms with Crippen LogP contribution in [-0.2, 0) is 13.0 Å². The lowest BCUT2D eigenvalue weighted by Crippen LogP contribution is -1.94. The minimum Gasteiger partial charge on any atom is -0.324 e. The maximum absolute atomic E-state index is 5.43. The van der Waals surface area contributed by atoms with Crippen molar-refractivity contribution in [3.63, 3.8) is 0 Å². The third-order valence-corrected chi connectivity index (χ3v) is 2.68. The van der Waals surface area contributed by atoms with Gasteiger partial charge in [-0.15, -0.1) is 21.5 Å². The molecule has 1 rings (SSSR count). The first-order valence-corrected chi connectivity index (χ1v) is 5.19. The molecule has 0 aliphatic rings. The van der Waals surface area contributed by atoms with E-state index in [1.54, 1.807) is 11.3 Å². The fourth-order valence-corrected chi connectivity index (χ4v) is 1.76. The number of aryl methyl sites for hydroxylation is 1. The molecule has 0 aromatic carbocycles. The lowest BCUT2D eigenvalue weighted by atomic mass is 10.2. The number of nitrogens with zero attached hydrogens (tertiary/aromatic N) is 2. The molecule has 2 N–H and O–H groups in total. The summed E-state index contributed by atoms with van der Waals surface area (Å²) in [7, 11) is 0. The van der Waals surface area contributed by atoms with Gasteiger partial charge >= 0.3 is 0 Å². The van der Waals surface area contributed by atoms with Gasteiger partial charge < -0.3 is 5.73 Å². The Morgan fingerprint density at radius 1 is 1.25 bits per heavy atom. The van der Waals surface area contributed by atoms with E-state index in [-0.39, 0.29) is 0 Å². The molecule has 0 radical (unpaired) electrons. The Balaban J connectivity index is 2.31. The van der Waals surface area contributed by atoms with Crippen molar-refractivity contribution in [2.75, 3.05) is 0 Å². The number of unbranched alkanes of at least 4 members (excludes halogenated alkanes) is 2. The van der Waals surface area contributed by atoms with E-state index < -0.39 is 0 Å². The molecule has 3 nitrogen and oxygen atoms in total. The Labute approximate surface area is 77.0 Å². The molecule has 12 heavy (non-hydrogen) atoms. The molecule has 1 aromatic heterocycles. The summed E-state index contributed by atoms with van der Waals surface area (Å²) in [4.78, 5) is 0. The van der Waals surface area contributed by atoms with Gasteiger partial charge in [-0.2, -0.15) is 0 Å². The third-order valence-electron chi connectivity index (χ3n) is 1.68. The average molecular weight is 185 g/mol. The summed E-state index contributed by atoms with van der Waals surface area (Å²) in [5, 5.41) is 10.1. The van der Waals surface area contributed by atoms with Crippen LogP contribution in [0.1, 0.15) is 36.2 Å². The molecular weight excluding hydrogens is 170 g/mol. The van der Waals surface area contributed by atoms with Crippen molar-refractivity contribution in [1.82, 2.24) is 10.2 Å². The van der Waals surface area contributed by atoms with Crippen LogP contribution in [0, 0.1) is 0 Å². The van der Waals surface area contributed by atoms with Crippen molar-refractivity contribution in [1.29, 1.82) is 0 Å². The molecular formula is C8H15N3S. The fourth-order valence-electron chi connectivity index (χ4n) is 0.998. The van der Waals surface area contributed by atoms with Crippen LogP contribution in [0.25, 0.3) is 0 Å². The monoisotopic (exact) mass is 185 g/mol. The van der Waals surface area contributed by atoms with Crippen LogP contribution in [0.2, 0.25) is 0 Å². The Morgan fingerprint density at radius 3 is 2.58 bits per heavy atom. The van der Waals surface area contributed by atoms with Gasteiger partial charge in [0.25, 0.3) is 0 Å². The quantitative estimate of drug-likeness (QED) is 0.711. The lowest BCUT2D eigenvalue weighted by molar-refractivity contribution is 0.709. The van der Waals surface area contributed by atoms with E-state index >= 15 is 0 Å². The molecule has 0 aliphatic carbocycles. The van der Waals surface area contributed by atoms with Gasteiger partial charge in [0.05, 0.1) is 0 Å². The van der Waals surface area contributed by atoms with Gasteiger partial charge in [0, 0.05) is 13.0 Å². The summed E-state index contributed by atoms with van der Waals surface area (Å²) in [5.41, 5.74) is 5.43. The highest BCUT2D eigenvalue weighted by atomic mass is 32.1. The molecule has 0 saturated carbocycles. The lowest BCUT2D eigenvalue weighted by Gasteiger charge is -1.91. The highest BCUT2D eigenvalue weighted by Gasteiger charge is 2.00.